The molecule has 0 bridgehead atoms. The predicted molar refractivity (Wildman–Crippen MR) is 74.6 cm³/mol. The van der Waals surface area contributed by atoms with Crippen LogP contribution in [0.2, 0.25) is 5.28 Å². The van der Waals surface area contributed by atoms with Crippen molar-refractivity contribution in [2.45, 2.75) is 20.0 Å². The maximum atomic E-state index is 5.91. The Balaban J connectivity index is 2.59. The first kappa shape index (κ1) is 12.9. The highest BCUT2D eigenvalue weighted by Crippen LogP contribution is 2.28. The van der Waals surface area contributed by atoms with Crippen molar-refractivity contribution < 1.29 is 4.74 Å². The Kier molecular flexibility index (Phi) is 3.57. The second-order valence-electron chi connectivity index (χ2n) is 4.56. The minimum atomic E-state index is 0.137. The van der Waals surface area contributed by atoms with E-state index < -0.39 is 0 Å². The first-order valence-corrected chi connectivity index (χ1v) is 6.16. The minimum Gasteiger partial charge on any atom is -0.491 e. The van der Waals surface area contributed by atoms with Crippen LogP contribution in [-0.2, 0) is 0 Å². The molecule has 0 aliphatic heterocycles. The molecule has 5 heteroatoms. The van der Waals surface area contributed by atoms with Crippen LogP contribution in [0.25, 0.3) is 10.9 Å². The summed E-state index contributed by atoms with van der Waals surface area (Å²) >= 11 is 5.91. The third-order valence-electron chi connectivity index (χ3n) is 2.42. The topological polar surface area (TPSA) is 38.3 Å². The number of benzene rings is 1. The molecule has 0 aliphatic rings. The van der Waals surface area contributed by atoms with Crippen LogP contribution < -0.4 is 9.64 Å². The molecule has 0 N–H and O–H groups in total. The Bertz CT molecular complexity index is 569. The van der Waals surface area contributed by atoms with E-state index in [4.69, 9.17) is 16.3 Å². The van der Waals surface area contributed by atoms with Crippen LogP contribution in [0.1, 0.15) is 13.8 Å². The second-order valence-corrected chi connectivity index (χ2v) is 4.89. The van der Waals surface area contributed by atoms with Gasteiger partial charge < -0.3 is 9.64 Å². The summed E-state index contributed by atoms with van der Waals surface area (Å²) in [5.41, 5.74) is 0.815. The van der Waals surface area contributed by atoms with Crippen molar-refractivity contribution in [1.29, 1.82) is 0 Å². The van der Waals surface area contributed by atoms with E-state index in [1.165, 1.54) is 0 Å². The predicted octanol–water partition coefficient (Wildman–Crippen LogP) is 3.14. The van der Waals surface area contributed by atoms with Crippen molar-refractivity contribution in [3.8, 4) is 5.75 Å². The summed E-state index contributed by atoms with van der Waals surface area (Å²) in [5, 5.41) is 1.19. The summed E-state index contributed by atoms with van der Waals surface area (Å²) in [7, 11) is 3.85. The molecular weight excluding hydrogens is 250 g/mol. The molecule has 0 amide bonds. The van der Waals surface area contributed by atoms with Crippen molar-refractivity contribution in [2.75, 3.05) is 19.0 Å². The smallest absolute Gasteiger partial charge is 0.224 e. The fraction of sp³-hybridized carbons (Fsp3) is 0.385. The summed E-state index contributed by atoms with van der Waals surface area (Å²) in [6.07, 6.45) is 0.137. The van der Waals surface area contributed by atoms with Crippen LogP contribution in [0.5, 0.6) is 5.75 Å². The van der Waals surface area contributed by atoms with Gasteiger partial charge in [0.25, 0.3) is 0 Å². The molecule has 1 heterocycles. The highest BCUT2D eigenvalue weighted by Gasteiger charge is 2.10. The number of rotatable bonds is 3. The molecular formula is C13H16ClN3O. The average molecular weight is 266 g/mol. The van der Waals surface area contributed by atoms with Crippen molar-refractivity contribution in [1.82, 2.24) is 9.97 Å². The van der Waals surface area contributed by atoms with E-state index >= 15 is 0 Å². The molecule has 0 fully saturated rings. The van der Waals surface area contributed by atoms with Gasteiger partial charge in [0.05, 0.1) is 11.6 Å². The van der Waals surface area contributed by atoms with E-state index in [9.17, 15) is 0 Å². The third kappa shape index (κ3) is 2.64. The Morgan fingerprint density at radius 2 is 1.94 bits per heavy atom. The molecule has 0 radical (unpaired) electrons. The lowest BCUT2D eigenvalue weighted by Gasteiger charge is -2.15. The van der Waals surface area contributed by atoms with Gasteiger partial charge in [-0.05, 0) is 43.6 Å². The van der Waals surface area contributed by atoms with Crippen molar-refractivity contribution in [3.05, 3.63) is 23.5 Å². The number of fused-ring (bicyclic) bond motifs is 1. The molecule has 0 spiro atoms. The zero-order valence-corrected chi connectivity index (χ0v) is 11.7. The first-order valence-electron chi connectivity index (χ1n) is 5.78. The number of halogens is 1. The van der Waals surface area contributed by atoms with Gasteiger partial charge in [-0.1, -0.05) is 0 Å². The van der Waals surface area contributed by atoms with Crippen LogP contribution in [0, 0.1) is 0 Å². The number of aromatic nitrogens is 2. The van der Waals surface area contributed by atoms with Crippen LogP contribution in [0.15, 0.2) is 18.2 Å². The lowest BCUT2D eigenvalue weighted by molar-refractivity contribution is 0.243. The van der Waals surface area contributed by atoms with Gasteiger partial charge in [-0.25, -0.2) is 4.98 Å². The molecule has 2 aromatic rings. The average Bonchev–Trinajstić information content (AvgIpc) is 2.27. The summed E-state index contributed by atoms with van der Waals surface area (Å²) in [6, 6.07) is 5.74. The van der Waals surface area contributed by atoms with E-state index in [2.05, 4.69) is 9.97 Å². The fourth-order valence-electron chi connectivity index (χ4n) is 1.75. The highest BCUT2D eigenvalue weighted by molar-refractivity contribution is 6.28. The van der Waals surface area contributed by atoms with Crippen LogP contribution in [0.3, 0.4) is 0 Å². The van der Waals surface area contributed by atoms with Gasteiger partial charge in [-0.2, -0.15) is 4.98 Å². The molecule has 0 saturated heterocycles. The maximum absolute atomic E-state index is 5.91. The SMILES string of the molecule is CC(C)Oc1ccc2nc(Cl)nc(N(C)C)c2c1. The van der Waals surface area contributed by atoms with Gasteiger partial charge in [0, 0.05) is 19.5 Å². The molecule has 18 heavy (non-hydrogen) atoms. The Hall–Kier alpha value is -1.55. The molecule has 0 unspecified atom stereocenters. The molecule has 0 atom stereocenters. The molecule has 4 nitrogen and oxygen atoms in total. The number of hydrogen-bond acceptors (Lipinski definition) is 4. The van der Waals surface area contributed by atoms with Crippen LogP contribution in [0.4, 0.5) is 5.82 Å². The molecule has 1 aromatic carbocycles. The molecule has 0 aliphatic carbocycles. The Morgan fingerprint density at radius 3 is 2.56 bits per heavy atom. The minimum absolute atomic E-state index is 0.137. The molecule has 0 saturated carbocycles. The normalized spacial score (nSPS) is 11.0. The number of ether oxygens (including phenoxy) is 1. The lowest BCUT2D eigenvalue weighted by Crippen LogP contribution is -2.12. The molecule has 2 rings (SSSR count). The van der Waals surface area contributed by atoms with Crippen LogP contribution >= 0.6 is 11.6 Å². The summed E-state index contributed by atoms with van der Waals surface area (Å²) in [6.45, 7) is 3.99. The number of anilines is 1. The number of nitrogens with zero attached hydrogens (tertiary/aromatic N) is 3. The zero-order valence-electron chi connectivity index (χ0n) is 10.9. The quantitative estimate of drug-likeness (QED) is 0.799. The Morgan fingerprint density at radius 1 is 1.22 bits per heavy atom. The van der Waals surface area contributed by atoms with Crippen LogP contribution in [-0.4, -0.2) is 30.2 Å². The second kappa shape index (κ2) is 4.98. The van der Waals surface area contributed by atoms with Gasteiger partial charge in [-0.3, -0.25) is 0 Å². The monoisotopic (exact) mass is 265 g/mol. The number of hydrogen-bond donors (Lipinski definition) is 0. The highest BCUT2D eigenvalue weighted by atomic mass is 35.5. The molecule has 1 aromatic heterocycles. The molecule has 96 valence electrons. The summed E-state index contributed by atoms with van der Waals surface area (Å²) in [4.78, 5) is 10.4. The van der Waals surface area contributed by atoms with Gasteiger partial charge in [-0.15, -0.1) is 0 Å². The fourth-order valence-corrected chi connectivity index (χ4v) is 1.92. The van der Waals surface area contributed by atoms with E-state index in [1.54, 1.807) is 0 Å². The lowest BCUT2D eigenvalue weighted by atomic mass is 10.2. The summed E-state index contributed by atoms with van der Waals surface area (Å²) in [5.74, 6) is 1.60. The van der Waals surface area contributed by atoms with Crippen molar-refractivity contribution in [2.24, 2.45) is 0 Å². The van der Waals surface area contributed by atoms with E-state index in [-0.39, 0.29) is 11.4 Å². The first-order chi connectivity index (χ1) is 8.47. The van der Waals surface area contributed by atoms with Gasteiger partial charge >= 0.3 is 0 Å². The zero-order chi connectivity index (χ0) is 13.3. The van der Waals surface area contributed by atoms with E-state index in [1.807, 2.05) is 51.0 Å². The van der Waals surface area contributed by atoms with Gasteiger partial charge in [0.2, 0.25) is 5.28 Å². The van der Waals surface area contributed by atoms with Gasteiger partial charge in [0.15, 0.2) is 0 Å². The third-order valence-corrected chi connectivity index (χ3v) is 2.58. The van der Waals surface area contributed by atoms with Gasteiger partial charge in [0.1, 0.15) is 11.6 Å². The summed E-state index contributed by atoms with van der Waals surface area (Å²) < 4.78 is 5.68. The maximum Gasteiger partial charge on any atom is 0.224 e. The Labute approximate surface area is 112 Å². The van der Waals surface area contributed by atoms with E-state index in [0.717, 1.165) is 22.5 Å². The van der Waals surface area contributed by atoms with Crippen molar-refractivity contribution in [3.63, 3.8) is 0 Å². The van der Waals surface area contributed by atoms with E-state index in [0.29, 0.717) is 0 Å². The van der Waals surface area contributed by atoms with Crippen molar-refractivity contribution >= 4 is 28.3 Å². The largest absolute Gasteiger partial charge is 0.491 e. The standard InChI is InChI=1S/C13H16ClN3O/c1-8(2)18-9-5-6-11-10(7-9)12(17(3)4)16-13(14)15-11/h5-8H,1-4H3.